The normalized spacial score (nSPS) is 10.0. The van der Waals surface area contributed by atoms with Gasteiger partial charge in [0.15, 0.2) is 0 Å². The second-order valence-corrected chi connectivity index (χ2v) is 5.46. The highest BCUT2D eigenvalue weighted by Crippen LogP contribution is 2.23. The van der Waals surface area contributed by atoms with Crippen molar-refractivity contribution in [1.82, 2.24) is 5.32 Å². The van der Waals surface area contributed by atoms with Gasteiger partial charge in [-0.15, -0.1) is 0 Å². The Bertz CT molecular complexity index is 466. The SMILES string of the molecule is COc1cc(Br)ccc1C(=O)NCCCCC(N)=S. The summed E-state index contributed by atoms with van der Waals surface area (Å²) in [5, 5.41) is 2.85. The minimum Gasteiger partial charge on any atom is -0.496 e. The molecule has 0 unspecified atom stereocenters. The number of carbonyl (C=O) groups is 1. The van der Waals surface area contributed by atoms with Crippen LogP contribution in [-0.4, -0.2) is 24.6 Å². The maximum atomic E-state index is 12.0. The number of hydrogen-bond donors (Lipinski definition) is 2. The molecule has 0 heterocycles. The first-order chi connectivity index (χ1) is 9.04. The van der Waals surface area contributed by atoms with Crippen LogP contribution in [0.2, 0.25) is 0 Å². The van der Waals surface area contributed by atoms with Crippen molar-refractivity contribution >= 4 is 39.0 Å². The molecule has 0 atom stereocenters. The van der Waals surface area contributed by atoms with E-state index in [1.807, 2.05) is 6.07 Å². The van der Waals surface area contributed by atoms with E-state index < -0.39 is 0 Å². The van der Waals surface area contributed by atoms with E-state index in [1.165, 1.54) is 0 Å². The Morgan fingerprint density at radius 2 is 2.21 bits per heavy atom. The van der Waals surface area contributed by atoms with Crippen molar-refractivity contribution in [3.8, 4) is 5.75 Å². The van der Waals surface area contributed by atoms with Gasteiger partial charge in [0, 0.05) is 11.0 Å². The smallest absolute Gasteiger partial charge is 0.255 e. The lowest BCUT2D eigenvalue weighted by Gasteiger charge is -2.09. The molecule has 104 valence electrons. The van der Waals surface area contributed by atoms with Crippen molar-refractivity contribution in [2.24, 2.45) is 5.73 Å². The van der Waals surface area contributed by atoms with Crippen LogP contribution in [-0.2, 0) is 0 Å². The zero-order valence-electron chi connectivity index (χ0n) is 10.7. The van der Waals surface area contributed by atoms with Gasteiger partial charge >= 0.3 is 0 Å². The van der Waals surface area contributed by atoms with Gasteiger partial charge in [0.25, 0.3) is 5.91 Å². The van der Waals surface area contributed by atoms with E-state index in [0.29, 0.717) is 29.3 Å². The summed E-state index contributed by atoms with van der Waals surface area (Å²) in [6, 6.07) is 5.30. The van der Waals surface area contributed by atoms with Crippen LogP contribution < -0.4 is 15.8 Å². The Balaban J connectivity index is 2.47. The van der Waals surface area contributed by atoms with Crippen molar-refractivity contribution in [2.75, 3.05) is 13.7 Å². The van der Waals surface area contributed by atoms with E-state index in [-0.39, 0.29) is 5.91 Å². The number of amides is 1. The standard InChI is InChI=1S/C13H17BrN2O2S/c1-18-11-8-9(14)5-6-10(11)13(17)16-7-3-2-4-12(15)19/h5-6,8H,2-4,7H2,1H3,(H2,15,19)(H,16,17). The molecule has 4 nitrogen and oxygen atoms in total. The van der Waals surface area contributed by atoms with E-state index in [2.05, 4.69) is 21.2 Å². The van der Waals surface area contributed by atoms with Gasteiger partial charge in [0.05, 0.1) is 17.7 Å². The molecule has 0 aromatic heterocycles. The molecule has 19 heavy (non-hydrogen) atoms. The first-order valence-corrected chi connectivity index (χ1v) is 7.14. The van der Waals surface area contributed by atoms with Gasteiger partial charge in [-0.3, -0.25) is 4.79 Å². The summed E-state index contributed by atoms with van der Waals surface area (Å²) < 4.78 is 6.05. The average Bonchev–Trinajstić information content (AvgIpc) is 2.37. The van der Waals surface area contributed by atoms with Crippen molar-refractivity contribution < 1.29 is 9.53 Å². The van der Waals surface area contributed by atoms with Gasteiger partial charge in [0.1, 0.15) is 5.75 Å². The molecule has 1 rings (SSSR count). The van der Waals surface area contributed by atoms with Gasteiger partial charge in [-0.05, 0) is 37.5 Å². The summed E-state index contributed by atoms with van der Waals surface area (Å²) in [5.74, 6) is 0.412. The Labute approximate surface area is 126 Å². The topological polar surface area (TPSA) is 64.3 Å². The van der Waals surface area contributed by atoms with Crippen molar-refractivity contribution in [1.29, 1.82) is 0 Å². The van der Waals surface area contributed by atoms with Crippen molar-refractivity contribution in [3.05, 3.63) is 28.2 Å². The molecule has 0 spiro atoms. The average molecular weight is 345 g/mol. The lowest BCUT2D eigenvalue weighted by atomic mass is 10.2. The number of nitrogens with one attached hydrogen (secondary N) is 1. The van der Waals surface area contributed by atoms with E-state index in [1.54, 1.807) is 19.2 Å². The number of ether oxygens (including phenoxy) is 1. The molecule has 0 aliphatic carbocycles. The number of halogens is 1. The number of rotatable bonds is 7. The zero-order chi connectivity index (χ0) is 14.3. The van der Waals surface area contributed by atoms with Crippen LogP contribution >= 0.6 is 28.1 Å². The number of benzene rings is 1. The lowest BCUT2D eigenvalue weighted by molar-refractivity contribution is 0.0950. The summed E-state index contributed by atoms with van der Waals surface area (Å²) >= 11 is 8.12. The van der Waals surface area contributed by atoms with E-state index in [9.17, 15) is 4.79 Å². The van der Waals surface area contributed by atoms with E-state index in [4.69, 9.17) is 22.7 Å². The maximum Gasteiger partial charge on any atom is 0.255 e. The Hall–Kier alpha value is -1.14. The molecule has 1 amide bonds. The van der Waals surface area contributed by atoms with Crippen LogP contribution in [0.4, 0.5) is 0 Å². The molecule has 1 aromatic carbocycles. The Morgan fingerprint density at radius 1 is 1.47 bits per heavy atom. The monoisotopic (exact) mass is 344 g/mol. The number of hydrogen-bond acceptors (Lipinski definition) is 3. The number of methoxy groups -OCH3 is 1. The molecule has 6 heteroatoms. The highest BCUT2D eigenvalue weighted by Gasteiger charge is 2.11. The first kappa shape index (κ1) is 15.9. The second-order valence-electron chi connectivity index (χ2n) is 4.02. The quantitative estimate of drug-likeness (QED) is 0.589. The Kier molecular flexibility index (Phi) is 6.80. The number of thiocarbonyl (C=S) groups is 1. The van der Waals surface area contributed by atoms with Crippen LogP contribution in [0.5, 0.6) is 5.75 Å². The fourth-order valence-corrected chi connectivity index (χ4v) is 2.06. The van der Waals surface area contributed by atoms with Crippen LogP contribution in [0, 0.1) is 0 Å². The maximum absolute atomic E-state index is 12.0. The van der Waals surface area contributed by atoms with Crippen LogP contribution in [0.1, 0.15) is 29.6 Å². The fourth-order valence-electron chi connectivity index (χ4n) is 1.57. The molecule has 3 N–H and O–H groups in total. The molecule has 0 aliphatic heterocycles. The predicted molar refractivity (Wildman–Crippen MR) is 83.7 cm³/mol. The molecular formula is C13H17BrN2O2S. The molecule has 0 fully saturated rings. The molecule has 0 saturated heterocycles. The highest BCUT2D eigenvalue weighted by molar-refractivity contribution is 9.10. The van der Waals surface area contributed by atoms with Gasteiger partial charge in [-0.2, -0.15) is 0 Å². The summed E-state index contributed by atoms with van der Waals surface area (Å²) in [5.41, 5.74) is 5.93. The summed E-state index contributed by atoms with van der Waals surface area (Å²) in [6.45, 7) is 0.598. The van der Waals surface area contributed by atoms with Gasteiger partial charge in [-0.25, -0.2) is 0 Å². The minimum atomic E-state index is -0.139. The molecule has 0 radical (unpaired) electrons. The molecule has 0 aliphatic rings. The highest BCUT2D eigenvalue weighted by atomic mass is 79.9. The van der Waals surface area contributed by atoms with Crippen molar-refractivity contribution in [3.63, 3.8) is 0 Å². The van der Waals surface area contributed by atoms with E-state index >= 15 is 0 Å². The van der Waals surface area contributed by atoms with Crippen LogP contribution in [0.25, 0.3) is 0 Å². The summed E-state index contributed by atoms with van der Waals surface area (Å²) in [6.07, 6.45) is 2.45. The first-order valence-electron chi connectivity index (χ1n) is 5.94. The van der Waals surface area contributed by atoms with Gasteiger partial charge < -0.3 is 15.8 Å². The minimum absolute atomic E-state index is 0.139. The zero-order valence-corrected chi connectivity index (χ0v) is 13.1. The Morgan fingerprint density at radius 3 is 2.84 bits per heavy atom. The number of carbonyl (C=O) groups excluding carboxylic acids is 1. The second kappa shape index (κ2) is 8.12. The third kappa shape index (κ3) is 5.57. The summed E-state index contributed by atoms with van der Waals surface area (Å²) in [7, 11) is 1.54. The molecule has 1 aromatic rings. The molecular weight excluding hydrogens is 328 g/mol. The van der Waals surface area contributed by atoms with Crippen molar-refractivity contribution in [2.45, 2.75) is 19.3 Å². The molecule has 0 bridgehead atoms. The fraction of sp³-hybridized carbons (Fsp3) is 0.385. The largest absolute Gasteiger partial charge is 0.496 e. The lowest BCUT2D eigenvalue weighted by Crippen LogP contribution is -2.25. The number of nitrogens with two attached hydrogens (primary N) is 1. The predicted octanol–water partition coefficient (Wildman–Crippen LogP) is 2.64. The van der Waals surface area contributed by atoms with Crippen LogP contribution in [0.3, 0.4) is 0 Å². The van der Waals surface area contributed by atoms with E-state index in [0.717, 1.165) is 17.3 Å². The van der Waals surface area contributed by atoms with Gasteiger partial charge in [-0.1, -0.05) is 28.1 Å². The number of unbranched alkanes of at least 4 members (excludes halogenated alkanes) is 1. The van der Waals surface area contributed by atoms with Gasteiger partial charge in [0.2, 0.25) is 0 Å². The van der Waals surface area contributed by atoms with Crippen LogP contribution in [0.15, 0.2) is 22.7 Å². The molecule has 0 saturated carbocycles. The third-order valence-electron chi connectivity index (χ3n) is 2.54. The third-order valence-corrected chi connectivity index (χ3v) is 3.24. The summed E-state index contributed by atoms with van der Waals surface area (Å²) in [4.78, 5) is 12.5.